The number of hydrogen-bond donors (Lipinski definition) is 2. The second-order valence-electron chi connectivity index (χ2n) is 4.01. The van der Waals surface area contributed by atoms with Crippen molar-refractivity contribution in [3.05, 3.63) is 24.2 Å². The molecule has 2 N–H and O–H groups in total. The average Bonchev–Trinajstić information content (AvgIpc) is 2.98. The first kappa shape index (κ1) is 12.8. The molecule has 0 amide bonds. The highest BCUT2D eigenvalue weighted by Crippen LogP contribution is 2.13. The first-order chi connectivity index (χ1) is 8.83. The molecule has 2 aromatic heterocycles. The van der Waals surface area contributed by atoms with Gasteiger partial charge >= 0.3 is 0 Å². The lowest BCUT2D eigenvalue weighted by molar-refractivity contribution is 0.162. The molecule has 0 spiro atoms. The van der Waals surface area contributed by atoms with E-state index in [0.29, 0.717) is 24.7 Å². The summed E-state index contributed by atoms with van der Waals surface area (Å²) in [7, 11) is 1.68. The second-order valence-corrected chi connectivity index (χ2v) is 4.01. The van der Waals surface area contributed by atoms with Gasteiger partial charge in [-0.1, -0.05) is 12.1 Å². The maximum atomic E-state index is 5.23. The summed E-state index contributed by atoms with van der Waals surface area (Å²) in [6.45, 7) is 3.56. The second kappa shape index (κ2) is 6.32. The van der Waals surface area contributed by atoms with Crippen LogP contribution in [0.15, 0.2) is 22.9 Å². The van der Waals surface area contributed by atoms with Gasteiger partial charge in [-0.25, -0.2) is 0 Å². The van der Waals surface area contributed by atoms with Crippen molar-refractivity contribution in [2.45, 2.75) is 19.4 Å². The van der Waals surface area contributed by atoms with Crippen LogP contribution >= 0.6 is 0 Å². The van der Waals surface area contributed by atoms with Gasteiger partial charge in [-0.3, -0.25) is 0 Å². The molecule has 0 saturated heterocycles. The largest absolute Gasteiger partial charge is 0.383 e. The van der Waals surface area contributed by atoms with Gasteiger partial charge in [-0.15, -0.1) is 0 Å². The Hall–Kier alpha value is -1.66. The van der Waals surface area contributed by atoms with Crippen molar-refractivity contribution in [2.75, 3.05) is 20.3 Å². The Morgan fingerprint density at radius 3 is 3.11 bits per heavy atom. The third kappa shape index (κ3) is 3.18. The molecule has 0 aliphatic carbocycles. The van der Waals surface area contributed by atoms with Gasteiger partial charge < -0.3 is 19.6 Å². The lowest BCUT2D eigenvalue weighted by atomic mass is 10.2. The van der Waals surface area contributed by atoms with Gasteiger partial charge in [0.1, 0.15) is 0 Å². The Bertz CT molecular complexity index is 446. The molecule has 0 radical (unpaired) electrons. The Morgan fingerprint density at radius 1 is 1.56 bits per heavy atom. The monoisotopic (exact) mass is 250 g/mol. The molecule has 6 nitrogen and oxygen atoms in total. The van der Waals surface area contributed by atoms with E-state index in [4.69, 9.17) is 9.26 Å². The number of hydrogen-bond acceptors (Lipinski definition) is 5. The summed E-state index contributed by atoms with van der Waals surface area (Å²) in [6, 6.07) is 4.00. The summed E-state index contributed by atoms with van der Waals surface area (Å²) < 4.78 is 10.4. The van der Waals surface area contributed by atoms with Crippen molar-refractivity contribution in [1.29, 1.82) is 0 Å². The molecule has 2 heterocycles. The fourth-order valence-corrected chi connectivity index (χ4v) is 1.81. The SMILES string of the molecule is CCNC(COC)Cc1nc(-c2ccc[nH]2)no1. The molecule has 0 fully saturated rings. The van der Waals surface area contributed by atoms with Crippen molar-refractivity contribution in [3.8, 4) is 11.5 Å². The summed E-state index contributed by atoms with van der Waals surface area (Å²) >= 11 is 0. The molecule has 6 heteroatoms. The van der Waals surface area contributed by atoms with E-state index in [9.17, 15) is 0 Å². The van der Waals surface area contributed by atoms with Gasteiger partial charge in [-0.2, -0.15) is 4.98 Å². The van der Waals surface area contributed by atoms with Crippen molar-refractivity contribution in [2.24, 2.45) is 0 Å². The van der Waals surface area contributed by atoms with E-state index in [-0.39, 0.29) is 6.04 Å². The average molecular weight is 250 g/mol. The lowest BCUT2D eigenvalue weighted by Crippen LogP contribution is -2.35. The predicted molar refractivity (Wildman–Crippen MR) is 67.1 cm³/mol. The molecule has 98 valence electrons. The van der Waals surface area contributed by atoms with Crippen molar-refractivity contribution >= 4 is 0 Å². The number of H-pyrrole nitrogens is 1. The molecule has 0 aromatic carbocycles. The van der Waals surface area contributed by atoms with Crippen LogP contribution < -0.4 is 5.32 Å². The summed E-state index contributed by atoms with van der Waals surface area (Å²) in [4.78, 5) is 7.40. The minimum atomic E-state index is 0.192. The molecule has 2 rings (SSSR count). The van der Waals surface area contributed by atoms with E-state index in [0.717, 1.165) is 12.2 Å². The van der Waals surface area contributed by atoms with Crippen molar-refractivity contribution in [3.63, 3.8) is 0 Å². The Morgan fingerprint density at radius 2 is 2.44 bits per heavy atom. The standard InChI is InChI=1S/C12H18N4O2/c1-3-13-9(8-17-2)7-11-15-12(16-18-11)10-5-4-6-14-10/h4-6,9,13-14H,3,7-8H2,1-2H3. The molecule has 18 heavy (non-hydrogen) atoms. The number of aromatic nitrogens is 3. The van der Waals surface area contributed by atoms with Crippen LogP contribution in [0.2, 0.25) is 0 Å². The van der Waals surface area contributed by atoms with Gasteiger partial charge in [0.05, 0.1) is 12.3 Å². The first-order valence-electron chi connectivity index (χ1n) is 6.02. The van der Waals surface area contributed by atoms with Gasteiger partial charge in [0.25, 0.3) is 0 Å². The van der Waals surface area contributed by atoms with Gasteiger partial charge in [0, 0.05) is 25.8 Å². The van der Waals surface area contributed by atoms with Crippen LogP contribution in [0.5, 0.6) is 0 Å². The maximum absolute atomic E-state index is 5.23. The fraction of sp³-hybridized carbons (Fsp3) is 0.500. The smallest absolute Gasteiger partial charge is 0.228 e. The zero-order valence-corrected chi connectivity index (χ0v) is 10.6. The molecule has 0 aliphatic heterocycles. The van der Waals surface area contributed by atoms with E-state index >= 15 is 0 Å². The lowest BCUT2D eigenvalue weighted by Gasteiger charge is -2.14. The molecule has 0 bridgehead atoms. The number of methoxy groups -OCH3 is 1. The van der Waals surface area contributed by atoms with Crippen LogP contribution in [0.3, 0.4) is 0 Å². The highest BCUT2D eigenvalue weighted by Gasteiger charge is 2.14. The maximum Gasteiger partial charge on any atom is 0.228 e. The fourth-order valence-electron chi connectivity index (χ4n) is 1.81. The summed E-state index contributed by atoms with van der Waals surface area (Å²) in [5.74, 6) is 1.20. The number of likely N-dealkylation sites (N-methyl/N-ethyl adjacent to an activating group) is 1. The number of aromatic amines is 1. The molecule has 0 saturated carbocycles. The highest BCUT2D eigenvalue weighted by molar-refractivity contribution is 5.47. The van der Waals surface area contributed by atoms with Crippen LogP contribution in [0.25, 0.3) is 11.5 Å². The Kier molecular flexibility index (Phi) is 4.49. The Labute approximate surface area is 106 Å². The van der Waals surface area contributed by atoms with E-state index < -0.39 is 0 Å². The summed E-state index contributed by atoms with van der Waals surface area (Å²) in [5, 5.41) is 7.26. The highest BCUT2D eigenvalue weighted by atomic mass is 16.5. The molecular weight excluding hydrogens is 232 g/mol. The molecule has 1 unspecified atom stereocenters. The molecular formula is C12H18N4O2. The zero-order chi connectivity index (χ0) is 12.8. The van der Waals surface area contributed by atoms with Crippen LogP contribution in [0.4, 0.5) is 0 Å². The molecule has 1 atom stereocenters. The van der Waals surface area contributed by atoms with Gasteiger partial charge in [-0.05, 0) is 18.7 Å². The zero-order valence-electron chi connectivity index (χ0n) is 10.6. The van der Waals surface area contributed by atoms with E-state index in [2.05, 4.69) is 27.4 Å². The minimum Gasteiger partial charge on any atom is -0.383 e. The molecule has 0 aliphatic rings. The van der Waals surface area contributed by atoms with Crippen LogP contribution in [-0.2, 0) is 11.2 Å². The van der Waals surface area contributed by atoms with Gasteiger partial charge in [0.2, 0.25) is 11.7 Å². The summed E-state index contributed by atoms with van der Waals surface area (Å²) in [6.07, 6.45) is 2.49. The predicted octanol–water partition coefficient (Wildman–Crippen LogP) is 1.23. The minimum absolute atomic E-state index is 0.192. The topological polar surface area (TPSA) is 76.0 Å². The Balaban J connectivity index is 2.01. The number of nitrogens with zero attached hydrogens (tertiary/aromatic N) is 2. The first-order valence-corrected chi connectivity index (χ1v) is 6.02. The number of ether oxygens (including phenoxy) is 1. The number of rotatable bonds is 7. The third-order valence-corrected chi connectivity index (χ3v) is 2.59. The van der Waals surface area contributed by atoms with Crippen LogP contribution in [0.1, 0.15) is 12.8 Å². The van der Waals surface area contributed by atoms with Crippen LogP contribution in [-0.4, -0.2) is 41.4 Å². The quantitative estimate of drug-likeness (QED) is 0.773. The number of nitrogens with one attached hydrogen (secondary N) is 2. The summed E-state index contributed by atoms with van der Waals surface area (Å²) in [5.41, 5.74) is 0.858. The molecule has 2 aromatic rings. The third-order valence-electron chi connectivity index (χ3n) is 2.59. The van der Waals surface area contributed by atoms with Crippen molar-refractivity contribution in [1.82, 2.24) is 20.4 Å². The van der Waals surface area contributed by atoms with Crippen molar-refractivity contribution < 1.29 is 9.26 Å². The van der Waals surface area contributed by atoms with E-state index in [1.54, 1.807) is 7.11 Å². The van der Waals surface area contributed by atoms with E-state index in [1.165, 1.54) is 0 Å². The van der Waals surface area contributed by atoms with Crippen LogP contribution in [0, 0.1) is 0 Å². The normalized spacial score (nSPS) is 12.8. The van der Waals surface area contributed by atoms with Gasteiger partial charge in [0.15, 0.2) is 0 Å². The van der Waals surface area contributed by atoms with E-state index in [1.807, 2.05) is 18.3 Å².